The maximum absolute atomic E-state index is 5.93. The standard InChI is InChI=1S/C37H47N7O/c1-7-44(8-2)35-21-17-33(18-22-35)42-40-31-13-9-29(10-14-31)38-39-30-11-15-32(16-12-30)41-43-34-19-23-36(24-20-34)45-26-25-28(3)27-37(4,5)6/h9-24,28,38-39H,7-8,25-27H2,1-6H3/b42-40+,43-41+. The zero-order valence-electron chi connectivity index (χ0n) is 27.5. The topological polar surface area (TPSA) is 86.0 Å². The fourth-order valence-electron chi connectivity index (χ4n) is 5.05. The number of azo groups is 2. The lowest BCUT2D eigenvalue weighted by Crippen LogP contribution is -2.21. The first-order valence-corrected chi connectivity index (χ1v) is 15.8. The maximum Gasteiger partial charge on any atom is 0.119 e. The molecule has 45 heavy (non-hydrogen) atoms. The molecule has 0 spiro atoms. The van der Waals surface area contributed by atoms with E-state index >= 15 is 0 Å². The summed E-state index contributed by atoms with van der Waals surface area (Å²) in [5, 5.41) is 17.5. The van der Waals surface area contributed by atoms with Crippen molar-refractivity contribution in [3.8, 4) is 5.75 Å². The molecule has 0 aliphatic rings. The Kier molecular flexibility index (Phi) is 12.1. The number of ether oxygens (including phenoxy) is 1. The summed E-state index contributed by atoms with van der Waals surface area (Å²) >= 11 is 0. The highest BCUT2D eigenvalue weighted by atomic mass is 16.5. The van der Waals surface area contributed by atoms with Gasteiger partial charge in [-0.15, -0.1) is 0 Å². The first-order valence-electron chi connectivity index (χ1n) is 15.8. The van der Waals surface area contributed by atoms with Crippen molar-refractivity contribution in [2.75, 3.05) is 35.4 Å². The summed E-state index contributed by atoms with van der Waals surface area (Å²) in [7, 11) is 0. The van der Waals surface area contributed by atoms with E-state index in [0.29, 0.717) is 11.3 Å². The summed E-state index contributed by atoms with van der Waals surface area (Å²) in [5.74, 6) is 1.49. The number of benzene rings is 4. The molecule has 8 heteroatoms. The van der Waals surface area contributed by atoms with Crippen LogP contribution in [0.5, 0.6) is 5.75 Å². The Morgan fingerprint density at radius 2 is 1.02 bits per heavy atom. The van der Waals surface area contributed by atoms with Gasteiger partial charge in [0.25, 0.3) is 0 Å². The number of hydrogen-bond acceptors (Lipinski definition) is 8. The molecule has 0 amide bonds. The van der Waals surface area contributed by atoms with Crippen molar-refractivity contribution in [2.24, 2.45) is 31.8 Å². The first kappa shape index (κ1) is 33.2. The molecule has 4 rings (SSSR count). The van der Waals surface area contributed by atoms with Crippen molar-refractivity contribution < 1.29 is 4.74 Å². The van der Waals surface area contributed by atoms with E-state index in [1.54, 1.807) is 0 Å². The lowest BCUT2D eigenvalue weighted by molar-refractivity contribution is 0.240. The Hall–Kier alpha value is -4.72. The van der Waals surface area contributed by atoms with Crippen LogP contribution in [0, 0.1) is 11.3 Å². The first-order chi connectivity index (χ1) is 21.7. The second-order valence-electron chi connectivity index (χ2n) is 12.4. The van der Waals surface area contributed by atoms with Gasteiger partial charge in [0, 0.05) is 18.8 Å². The third-order valence-corrected chi connectivity index (χ3v) is 7.30. The van der Waals surface area contributed by atoms with Gasteiger partial charge in [-0.05, 0) is 135 Å². The van der Waals surface area contributed by atoms with Gasteiger partial charge in [0.05, 0.1) is 40.7 Å². The molecule has 0 aliphatic heterocycles. The van der Waals surface area contributed by atoms with Crippen molar-refractivity contribution >= 4 is 39.8 Å². The van der Waals surface area contributed by atoms with Crippen LogP contribution in [0.15, 0.2) is 118 Å². The third kappa shape index (κ3) is 11.4. The second-order valence-corrected chi connectivity index (χ2v) is 12.4. The van der Waals surface area contributed by atoms with Gasteiger partial charge in [-0.25, -0.2) is 0 Å². The number of rotatable bonds is 15. The van der Waals surface area contributed by atoms with Gasteiger partial charge in [0.1, 0.15) is 5.75 Å². The fourth-order valence-corrected chi connectivity index (χ4v) is 5.05. The van der Waals surface area contributed by atoms with E-state index in [0.717, 1.165) is 66.0 Å². The van der Waals surface area contributed by atoms with Crippen molar-refractivity contribution in [1.29, 1.82) is 0 Å². The van der Waals surface area contributed by atoms with Gasteiger partial charge in [0.15, 0.2) is 0 Å². The molecule has 4 aromatic rings. The molecule has 1 unspecified atom stereocenters. The zero-order chi connectivity index (χ0) is 32.1. The van der Waals surface area contributed by atoms with E-state index < -0.39 is 0 Å². The molecular formula is C37H47N7O. The lowest BCUT2D eigenvalue weighted by Gasteiger charge is -2.23. The summed E-state index contributed by atoms with van der Waals surface area (Å²) < 4.78 is 5.93. The van der Waals surface area contributed by atoms with Gasteiger partial charge in [-0.3, -0.25) is 0 Å². The van der Waals surface area contributed by atoms with Gasteiger partial charge in [-0.2, -0.15) is 20.5 Å². The summed E-state index contributed by atoms with van der Waals surface area (Å²) in [6, 6.07) is 31.4. The lowest BCUT2D eigenvalue weighted by atomic mass is 9.84. The van der Waals surface area contributed by atoms with Gasteiger partial charge in [-0.1, -0.05) is 27.7 Å². The number of hydrazine groups is 1. The quantitative estimate of drug-likeness (QED) is 0.104. The molecule has 0 saturated heterocycles. The molecule has 0 aromatic heterocycles. The molecule has 0 heterocycles. The van der Waals surface area contributed by atoms with Crippen LogP contribution in [-0.4, -0.2) is 19.7 Å². The minimum absolute atomic E-state index is 0.349. The van der Waals surface area contributed by atoms with Gasteiger partial charge >= 0.3 is 0 Å². The van der Waals surface area contributed by atoms with Crippen LogP contribution in [0.2, 0.25) is 0 Å². The SMILES string of the molecule is CCN(CC)c1ccc(/N=N/c2ccc(NNc3ccc(/N=N/c4ccc(OCCC(C)CC(C)(C)C)cc4)cc3)cc2)cc1. The maximum atomic E-state index is 5.93. The smallest absolute Gasteiger partial charge is 0.119 e. The Bertz CT molecular complexity index is 1490. The fraction of sp³-hybridized carbons (Fsp3) is 0.351. The normalized spacial score (nSPS) is 12.4. The Balaban J connectivity index is 1.20. The molecule has 8 nitrogen and oxygen atoms in total. The zero-order valence-corrected chi connectivity index (χ0v) is 27.5. The van der Waals surface area contributed by atoms with Gasteiger partial charge < -0.3 is 20.5 Å². The largest absolute Gasteiger partial charge is 0.494 e. The molecule has 0 aliphatic carbocycles. The molecule has 236 valence electrons. The van der Waals surface area contributed by atoms with Crippen LogP contribution >= 0.6 is 0 Å². The number of nitrogens with zero attached hydrogens (tertiary/aromatic N) is 5. The number of anilines is 3. The van der Waals surface area contributed by atoms with E-state index in [2.05, 4.69) is 89.9 Å². The summed E-state index contributed by atoms with van der Waals surface area (Å²) in [6.07, 6.45) is 2.24. The van der Waals surface area contributed by atoms with Crippen LogP contribution in [0.25, 0.3) is 0 Å². The molecule has 0 fully saturated rings. The molecule has 4 aromatic carbocycles. The average molecular weight is 606 g/mol. The van der Waals surface area contributed by atoms with E-state index in [9.17, 15) is 0 Å². The van der Waals surface area contributed by atoms with Crippen molar-refractivity contribution in [2.45, 2.75) is 54.4 Å². The molecule has 0 bridgehead atoms. The molecule has 2 N–H and O–H groups in total. The Morgan fingerprint density at radius 3 is 1.42 bits per heavy atom. The highest BCUT2D eigenvalue weighted by molar-refractivity contribution is 5.58. The van der Waals surface area contributed by atoms with Crippen LogP contribution in [0.1, 0.15) is 54.4 Å². The van der Waals surface area contributed by atoms with E-state index in [1.165, 1.54) is 12.1 Å². The third-order valence-electron chi connectivity index (χ3n) is 7.30. The summed E-state index contributed by atoms with van der Waals surface area (Å²) in [4.78, 5) is 2.30. The van der Waals surface area contributed by atoms with E-state index in [4.69, 9.17) is 4.74 Å². The van der Waals surface area contributed by atoms with Crippen LogP contribution in [0.3, 0.4) is 0 Å². The predicted molar refractivity (Wildman–Crippen MR) is 188 cm³/mol. The Morgan fingerprint density at radius 1 is 0.622 bits per heavy atom. The van der Waals surface area contributed by atoms with Crippen LogP contribution in [-0.2, 0) is 0 Å². The summed E-state index contributed by atoms with van der Waals surface area (Å²) in [5.41, 5.74) is 12.9. The molecule has 1 atom stereocenters. The highest BCUT2D eigenvalue weighted by Crippen LogP contribution is 2.27. The molecule has 0 saturated carbocycles. The Labute approximate surface area is 268 Å². The monoisotopic (exact) mass is 605 g/mol. The van der Waals surface area contributed by atoms with E-state index in [-0.39, 0.29) is 0 Å². The molecule has 0 radical (unpaired) electrons. The minimum Gasteiger partial charge on any atom is -0.494 e. The van der Waals surface area contributed by atoms with E-state index in [1.807, 2.05) is 84.9 Å². The van der Waals surface area contributed by atoms with Crippen molar-refractivity contribution in [1.82, 2.24) is 0 Å². The highest BCUT2D eigenvalue weighted by Gasteiger charge is 2.15. The van der Waals surface area contributed by atoms with Crippen LogP contribution < -0.4 is 20.5 Å². The van der Waals surface area contributed by atoms with Crippen molar-refractivity contribution in [3.63, 3.8) is 0 Å². The minimum atomic E-state index is 0.349. The second kappa shape index (κ2) is 16.4. The molecular weight excluding hydrogens is 558 g/mol. The number of hydrogen-bond donors (Lipinski definition) is 2. The van der Waals surface area contributed by atoms with Gasteiger partial charge in [0.2, 0.25) is 0 Å². The average Bonchev–Trinajstić information content (AvgIpc) is 3.04. The number of nitrogens with one attached hydrogen (secondary N) is 2. The van der Waals surface area contributed by atoms with Crippen LogP contribution in [0.4, 0.5) is 39.8 Å². The van der Waals surface area contributed by atoms with Crippen molar-refractivity contribution in [3.05, 3.63) is 97.1 Å². The summed E-state index contributed by atoms with van der Waals surface area (Å²) in [6.45, 7) is 16.1. The predicted octanol–water partition coefficient (Wildman–Crippen LogP) is 11.6.